The Labute approximate surface area is 152 Å². The highest BCUT2D eigenvalue weighted by atomic mass is 32.1. The lowest BCUT2D eigenvalue weighted by atomic mass is 10.0. The zero-order valence-electron chi connectivity index (χ0n) is 14.0. The van der Waals surface area contributed by atoms with Crippen LogP contribution >= 0.6 is 12.2 Å². The molecule has 0 heterocycles. The number of halogens is 1. The molecule has 0 saturated carbocycles. The molecule has 2 aromatic rings. The minimum absolute atomic E-state index is 0.0909. The van der Waals surface area contributed by atoms with Crippen molar-refractivity contribution >= 4 is 35.0 Å². The molecule has 0 atom stereocenters. The number of hydrogen-bond donors (Lipinski definition) is 3. The maximum Gasteiger partial charge on any atom is 0.262 e. The van der Waals surface area contributed by atoms with E-state index in [0.29, 0.717) is 5.92 Å². The lowest BCUT2D eigenvalue weighted by molar-refractivity contribution is -0.116. The lowest BCUT2D eigenvalue weighted by Gasteiger charge is -2.11. The molecule has 25 heavy (non-hydrogen) atoms. The molecule has 0 aliphatic carbocycles. The zero-order valence-corrected chi connectivity index (χ0v) is 14.9. The molecule has 2 aromatic carbocycles. The van der Waals surface area contributed by atoms with Gasteiger partial charge in [-0.2, -0.15) is 0 Å². The predicted molar refractivity (Wildman–Crippen MR) is 103 cm³/mol. The molecule has 0 bridgehead atoms. The molecule has 0 spiro atoms. The number of para-hydroxylation sites is 1. The molecule has 3 N–H and O–H groups in total. The van der Waals surface area contributed by atoms with Crippen LogP contribution in [0.25, 0.3) is 6.08 Å². The Balaban J connectivity index is 1.81. The van der Waals surface area contributed by atoms with Crippen molar-refractivity contribution in [1.29, 1.82) is 0 Å². The van der Waals surface area contributed by atoms with E-state index in [4.69, 9.17) is 12.2 Å². The fraction of sp³-hybridized carbons (Fsp3) is 0.158. The summed E-state index contributed by atoms with van der Waals surface area (Å²) in [5.74, 6) is -0.332. The first-order valence-electron chi connectivity index (χ1n) is 7.85. The number of carbonyl (C=O) groups excluding carboxylic acids is 1. The Morgan fingerprint density at radius 1 is 1.08 bits per heavy atom. The van der Waals surface area contributed by atoms with Crippen molar-refractivity contribution in [2.75, 3.05) is 5.32 Å². The van der Waals surface area contributed by atoms with Gasteiger partial charge in [0.15, 0.2) is 5.11 Å². The van der Waals surface area contributed by atoms with Crippen LogP contribution in [0.4, 0.5) is 10.1 Å². The van der Waals surface area contributed by atoms with Crippen LogP contribution in [0.5, 0.6) is 0 Å². The average Bonchev–Trinajstić information content (AvgIpc) is 2.60. The van der Waals surface area contributed by atoms with E-state index in [-0.39, 0.29) is 16.7 Å². The average molecular weight is 357 g/mol. The Hall–Kier alpha value is -2.73. The Morgan fingerprint density at radius 3 is 2.40 bits per heavy atom. The number of benzene rings is 2. The van der Waals surface area contributed by atoms with Crippen LogP contribution in [0, 0.1) is 5.82 Å². The van der Waals surface area contributed by atoms with Gasteiger partial charge in [0.1, 0.15) is 5.82 Å². The topological polar surface area (TPSA) is 53.2 Å². The van der Waals surface area contributed by atoms with Gasteiger partial charge in [-0.25, -0.2) is 4.39 Å². The number of hydrogen-bond acceptors (Lipinski definition) is 2. The SMILES string of the molecule is CC(C)c1ccc(/C=C/C(=O)NNC(=S)Nc2ccccc2F)cc1. The highest BCUT2D eigenvalue weighted by Gasteiger charge is 2.03. The fourth-order valence-electron chi connectivity index (χ4n) is 2.04. The smallest absolute Gasteiger partial charge is 0.262 e. The third-order valence-corrected chi connectivity index (χ3v) is 3.66. The van der Waals surface area contributed by atoms with Crippen molar-refractivity contribution in [2.24, 2.45) is 0 Å². The predicted octanol–water partition coefficient (Wildman–Crippen LogP) is 3.98. The molecule has 0 unspecified atom stereocenters. The first kappa shape index (κ1) is 18.6. The van der Waals surface area contributed by atoms with Gasteiger partial charge in [0.2, 0.25) is 0 Å². The van der Waals surface area contributed by atoms with Crippen molar-refractivity contribution < 1.29 is 9.18 Å². The van der Waals surface area contributed by atoms with E-state index in [9.17, 15) is 9.18 Å². The summed E-state index contributed by atoms with van der Waals surface area (Å²) in [5.41, 5.74) is 7.34. The summed E-state index contributed by atoms with van der Waals surface area (Å²) in [6, 6.07) is 14.1. The first-order valence-corrected chi connectivity index (χ1v) is 8.26. The van der Waals surface area contributed by atoms with Crippen LogP contribution in [0.3, 0.4) is 0 Å². The van der Waals surface area contributed by atoms with Gasteiger partial charge in [0.05, 0.1) is 5.69 Å². The molecule has 6 heteroatoms. The van der Waals surface area contributed by atoms with Crippen molar-refractivity contribution in [3.8, 4) is 0 Å². The molecule has 4 nitrogen and oxygen atoms in total. The van der Waals surface area contributed by atoms with Gasteiger partial charge in [-0.05, 0) is 47.5 Å². The number of anilines is 1. The Bertz CT molecular complexity index is 772. The summed E-state index contributed by atoms with van der Waals surface area (Å²) in [5, 5.41) is 2.75. The summed E-state index contributed by atoms with van der Waals surface area (Å²) in [4.78, 5) is 11.8. The van der Waals surface area contributed by atoms with E-state index >= 15 is 0 Å². The number of thiocarbonyl (C=S) groups is 1. The molecule has 2 rings (SSSR count). The molecule has 0 saturated heterocycles. The van der Waals surface area contributed by atoms with Crippen molar-refractivity contribution in [2.45, 2.75) is 19.8 Å². The summed E-state index contributed by atoms with van der Waals surface area (Å²) in [7, 11) is 0. The van der Waals surface area contributed by atoms with E-state index < -0.39 is 5.82 Å². The van der Waals surface area contributed by atoms with Crippen LogP contribution in [0.1, 0.15) is 30.9 Å². The highest BCUT2D eigenvalue weighted by molar-refractivity contribution is 7.80. The van der Waals surface area contributed by atoms with Crippen molar-refractivity contribution in [3.05, 3.63) is 71.6 Å². The maximum absolute atomic E-state index is 13.5. The molecule has 0 aliphatic rings. The first-order chi connectivity index (χ1) is 12.0. The zero-order chi connectivity index (χ0) is 18.2. The van der Waals surface area contributed by atoms with Gasteiger partial charge in [0, 0.05) is 6.08 Å². The summed E-state index contributed by atoms with van der Waals surface area (Å²) >= 11 is 5.00. The van der Waals surface area contributed by atoms with E-state index in [1.54, 1.807) is 24.3 Å². The molecular formula is C19H20FN3OS. The van der Waals surface area contributed by atoms with Crippen molar-refractivity contribution in [1.82, 2.24) is 10.9 Å². The third-order valence-electron chi connectivity index (χ3n) is 3.45. The second-order valence-corrected chi connectivity index (χ2v) is 6.11. The molecule has 0 aliphatic heterocycles. The molecule has 1 amide bonds. The fourth-order valence-corrected chi connectivity index (χ4v) is 2.20. The number of nitrogens with one attached hydrogen (secondary N) is 3. The minimum atomic E-state index is -0.428. The lowest BCUT2D eigenvalue weighted by Crippen LogP contribution is -2.43. The number of rotatable bonds is 4. The molecule has 0 radical (unpaired) electrons. The molecule has 0 fully saturated rings. The second-order valence-electron chi connectivity index (χ2n) is 5.70. The second kappa shape index (κ2) is 8.94. The van der Waals surface area contributed by atoms with Gasteiger partial charge in [-0.15, -0.1) is 0 Å². The van der Waals surface area contributed by atoms with Gasteiger partial charge < -0.3 is 5.32 Å². The standard InChI is InChI=1S/C19H20FN3OS/c1-13(2)15-10-7-14(8-11-15)9-12-18(24)22-23-19(25)21-17-6-4-3-5-16(17)20/h3-13H,1-2H3,(H,22,24)(H2,21,23,25)/b12-9+. The van der Waals surface area contributed by atoms with E-state index in [2.05, 4.69) is 30.0 Å². The molecular weight excluding hydrogens is 337 g/mol. The molecule has 0 aromatic heterocycles. The summed E-state index contributed by atoms with van der Waals surface area (Å²) < 4.78 is 13.5. The largest absolute Gasteiger partial charge is 0.329 e. The summed E-state index contributed by atoms with van der Waals surface area (Å²) in [6.07, 6.45) is 3.09. The Kier molecular flexibility index (Phi) is 6.65. The third kappa shape index (κ3) is 6.00. The minimum Gasteiger partial charge on any atom is -0.329 e. The van der Waals surface area contributed by atoms with Crippen LogP contribution in [-0.2, 0) is 4.79 Å². The highest BCUT2D eigenvalue weighted by Crippen LogP contribution is 2.15. The van der Waals surface area contributed by atoms with Crippen molar-refractivity contribution in [3.63, 3.8) is 0 Å². The Morgan fingerprint density at radius 2 is 1.76 bits per heavy atom. The summed E-state index contributed by atoms with van der Waals surface area (Å²) in [6.45, 7) is 4.25. The van der Waals surface area contributed by atoms with Gasteiger partial charge in [0.25, 0.3) is 5.91 Å². The van der Waals surface area contributed by atoms with Crippen LogP contribution in [0.2, 0.25) is 0 Å². The van der Waals surface area contributed by atoms with E-state index in [1.165, 1.54) is 17.7 Å². The van der Waals surface area contributed by atoms with Crippen LogP contribution in [-0.4, -0.2) is 11.0 Å². The monoisotopic (exact) mass is 357 g/mol. The quantitative estimate of drug-likeness (QED) is 0.440. The number of amides is 1. The van der Waals surface area contributed by atoms with Crippen LogP contribution < -0.4 is 16.2 Å². The maximum atomic E-state index is 13.5. The normalized spacial score (nSPS) is 10.7. The molecule has 130 valence electrons. The van der Waals surface area contributed by atoms with Gasteiger partial charge in [-0.1, -0.05) is 50.2 Å². The number of carbonyl (C=O) groups is 1. The number of hydrazine groups is 1. The van der Waals surface area contributed by atoms with E-state index in [1.807, 2.05) is 24.3 Å². The van der Waals surface area contributed by atoms with E-state index in [0.717, 1.165) is 5.56 Å². The van der Waals surface area contributed by atoms with Gasteiger partial charge in [-0.3, -0.25) is 15.6 Å². The van der Waals surface area contributed by atoms with Crippen LogP contribution in [0.15, 0.2) is 54.6 Å². The van der Waals surface area contributed by atoms with Gasteiger partial charge >= 0.3 is 0 Å².